The number of likely N-dealkylation sites (tertiary alicyclic amines) is 2. The molecule has 3 rings (SSSR count). The number of carboxylic acids is 1. The lowest BCUT2D eigenvalue weighted by Crippen LogP contribution is -2.49. The van der Waals surface area contributed by atoms with E-state index in [9.17, 15) is 22.8 Å². The number of carbonyl (C=O) groups excluding carboxylic acids is 2. The lowest BCUT2D eigenvalue weighted by molar-refractivity contribution is -0.192. The van der Waals surface area contributed by atoms with Crippen LogP contribution < -0.4 is 0 Å². The minimum Gasteiger partial charge on any atom is -0.475 e. The lowest BCUT2D eigenvalue weighted by Gasteiger charge is -2.38. The van der Waals surface area contributed by atoms with Crippen molar-refractivity contribution in [1.82, 2.24) is 14.7 Å². The van der Waals surface area contributed by atoms with Crippen LogP contribution in [0.25, 0.3) is 0 Å². The first-order valence-corrected chi connectivity index (χ1v) is 11.0. The Labute approximate surface area is 183 Å². The highest BCUT2D eigenvalue weighted by Gasteiger charge is 2.45. The van der Waals surface area contributed by atoms with E-state index in [0.29, 0.717) is 6.42 Å². The molecule has 1 unspecified atom stereocenters. The summed E-state index contributed by atoms with van der Waals surface area (Å²) in [6.45, 7) is 3.24. The van der Waals surface area contributed by atoms with Crippen molar-refractivity contribution in [2.45, 2.75) is 43.8 Å². The van der Waals surface area contributed by atoms with Crippen LogP contribution >= 0.6 is 11.3 Å². The van der Waals surface area contributed by atoms with E-state index in [1.165, 1.54) is 0 Å². The number of alkyl halides is 3. The molecule has 1 aromatic heterocycles. The first-order valence-electron chi connectivity index (χ1n) is 10.0. The summed E-state index contributed by atoms with van der Waals surface area (Å²) in [7, 11) is 4.09. The number of nitrogens with zero attached hydrogens (tertiary/aromatic N) is 3. The maximum absolute atomic E-state index is 12.6. The standard InChI is InChI=1S/C18H27N3O2S.C2HF3O2/c1-19(2)11-12-21-16(22)4-7-18(21)6-3-9-20(10-8-18)17(23)15-5-13-24-14-15;3-2(4,5)1(6)7/h5,13-14H,3-4,6-12H2,1-2H3;(H,6,7). The second-order valence-corrected chi connectivity index (χ2v) is 8.81. The largest absolute Gasteiger partial charge is 0.490 e. The molecule has 0 aliphatic carbocycles. The Hall–Kier alpha value is -2.14. The second kappa shape index (κ2) is 10.4. The van der Waals surface area contributed by atoms with E-state index in [2.05, 4.69) is 9.80 Å². The van der Waals surface area contributed by atoms with E-state index in [1.54, 1.807) is 11.3 Å². The average molecular weight is 464 g/mol. The third-order valence-electron chi connectivity index (χ3n) is 5.66. The van der Waals surface area contributed by atoms with Crippen molar-refractivity contribution in [3.8, 4) is 0 Å². The van der Waals surface area contributed by atoms with Crippen molar-refractivity contribution >= 4 is 29.1 Å². The van der Waals surface area contributed by atoms with Crippen LogP contribution in [0.15, 0.2) is 16.8 Å². The number of halogens is 3. The smallest absolute Gasteiger partial charge is 0.475 e. The van der Waals surface area contributed by atoms with E-state index >= 15 is 0 Å². The van der Waals surface area contributed by atoms with E-state index in [0.717, 1.165) is 57.4 Å². The fraction of sp³-hybridized carbons (Fsp3) is 0.650. The highest BCUT2D eigenvalue weighted by atomic mass is 32.1. The number of aliphatic carboxylic acids is 1. The Morgan fingerprint density at radius 3 is 2.45 bits per heavy atom. The van der Waals surface area contributed by atoms with Crippen LogP contribution in [0.2, 0.25) is 0 Å². The maximum atomic E-state index is 12.6. The summed E-state index contributed by atoms with van der Waals surface area (Å²) < 4.78 is 31.7. The molecular formula is C20H28F3N3O4S. The highest BCUT2D eigenvalue weighted by molar-refractivity contribution is 7.08. The predicted molar refractivity (Wildman–Crippen MR) is 110 cm³/mol. The second-order valence-electron chi connectivity index (χ2n) is 8.03. The number of hydrogen-bond acceptors (Lipinski definition) is 5. The van der Waals surface area contributed by atoms with Crippen LogP contribution in [0.5, 0.6) is 0 Å². The molecule has 1 N–H and O–H groups in total. The molecule has 174 valence electrons. The number of carboxylic acid groups (broad SMARTS) is 1. The molecule has 31 heavy (non-hydrogen) atoms. The molecule has 0 aromatic carbocycles. The number of likely N-dealkylation sites (N-methyl/N-ethyl adjacent to an activating group) is 1. The molecule has 11 heteroatoms. The summed E-state index contributed by atoms with van der Waals surface area (Å²) in [5, 5.41) is 11.0. The Kier molecular flexibility index (Phi) is 8.47. The number of rotatable bonds is 4. The molecular weight excluding hydrogens is 435 g/mol. The van der Waals surface area contributed by atoms with Gasteiger partial charge in [-0.25, -0.2) is 4.79 Å². The van der Waals surface area contributed by atoms with Gasteiger partial charge in [-0.05, 0) is 51.2 Å². The van der Waals surface area contributed by atoms with E-state index < -0.39 is 12.1 Å². The summed E-state index contributed by atoms with van der Waals surface area (Å²) >= 11 is 1.56. The average Bonchev–Trinajstić information content (AvgIpc) is 3.25. The fourth-order valence-electron chi connectivity index (χ4n) is 4.01. The molecule has 0 radical (unpaired) electrons. The zero-order chi connectivity index (χ0) is 23.2. The molecule has 1 atom stereocenters. The molecule has 1 aromatic rings. The van der Waals surface area contributed by atoms with Crippen molar-refractivity contribution in [3.63, 3.8) is 0 Å². The Morgan fingerprint density at radius 1 is 1.23 bits per heavy atom. The van der Waals surface area contributed by atoms with Crippen molar-refractivity contribution in [2.24, 2.45) is 0 Å². The van der Waals surface area contributed by atoms with Crippen molar-refractivity contribution < 1.29 is 32.7 Å². The van der Waals surface area contributed by atoms with Gasteiger partial charge in [0.1, 0.15) is 0 Å². The van der Waals surface area contributed by atoms with Crippen LogP contribution in [0, 0.1) is 0 Å². The lowest BCUT2D eigenvalue weighted by atomic mass is 9.87. The zero-order valence-electron chi connectivity index (χ0n) is 17.7. The van der Waals surface area contributed by atoms with Crippen molar-refractivity contribution in [3.05, 3.63) is 22.4 Å². The van der Waals surface area contributed by atoms with Crippen LogP contribution in [0.1, 0.15) is 42.5 Å². The number of carbonyl (C=O) groups is 3. The first-order chi connectivity index (χ1) is 14.5. The van der Waals surface area contributed by atoms with Gasteiger partial charge in [0, 0.05) is 43.5 Å². The van der Waals surface area contributed by atoms with E-state index in [4.69, 9.17) is 9.90 Å². The molecule has 2 fully saturated rings. The molecule has 2 aliphatic rings. The normalized spacial score (nSPS) is 21.8. The molecule has 1 spiro atoms. The SMILES string of the molecule is CN(C)CCN1C(=O)CCC12CCCN(C(=O)c1ccsc1)CC2.O=C(O)C(F)(F)F. The van der Waals surface area contributed by atoms with Crippen LogP contribution in [-0.4, -0.2) is 89.6 Å². The van der Waals surface area contributed by atoms with Gasteiger partial charge in [0.15, 0.2) is 0 Å². The minimum absolute atomic E-state index is 0.0310. The van der Waals surface area contributed by atoms with Crippen LogP contribution in [-0.2, 0) is 9.59 Å². The van der Waals surface area contributed by atoms with Crippen molar-refractivity contribution in [2.75, 3.05) is 40.3 Å². The van der Waals surface area contributed by atoms with E-state index in [1.807, 2.05) is 35.8 Å². The number of hydrogen-bond donors (Lipinski definition) is 1. The first kappa shape index (κ1) is 25.1. The summed E-state index contributed by atoms with van der Waals surface area (Å²) in [6.07, 6.45) is -0.588. The Balaban J connectivity index is 0.000000423. The predicted octanol–water partition coefficient (Wildman–Crippen LogP) is 2.93. The fourth-order valence-corrected chi connectivity index (χ4v) is 4.64. The van der Waals surface area contributed by atoms with Crippen LogP contribution in [0.4, 0.5) is 13.2 Å². The summed E-state index contributed by atoms with van der Waals surface area (Å²) in [4.78, 5) is 40.1. The quantitative estimate of drug-likeness (QED) is 0.743. The number of amides is 2. The third kappa shape index (κ3) is 6.67. The topological polar surface area (TPSA) is 81.2 Å². The van der Waals surface area contributed by atoms with Gasteiger partial charge in [-0.1, -0.05) is 0 Å². The molecule has 2 amide bonds. The maximum Gasteiger partial charge on any atom is 0.490 e. The summed E-state index contributed by atoms with van der Waals surface area (Å²) in [5.41, 5.74) is 0.763. The molecule has 3 heterocycles. The van der Waals surface area contributed by atoms with Gasteiger partial charge in [-0.15, -0.1) is 0 Å². The molecule has 7 nitrogen and oxygen atoms in total. The van der Waals surface area contributed by atoms with Gasteiger partial charge in [0.05, 0.1) is 5.56 Å². The summed E-state index contributed by atoms with van der Waals surface area (Å²) in [6, 6.07) is 1.90. The van der Waals surface area contributed by atoms with Gasteiger partial charge in [-0.3, -0.25) is 9.59 Å². The monoisotopic (exact) mass is 463 g/mol. The highest BCUT2D eigenvalue weighted by Crippen LogP contribution is 2.39. The number of thiophene rings is 1. The molecule has 2 aliphatic heterocycles. The summed E-state index contributed by atoms with van der Waals surface area (Å²) in [5.74, 6) is -2.33. The third-order valence-corrected chi connectivity index (χ3v) is 6.35. The molecule has 0 bridgehead atoms. The molecule has 2 saturated heterocycles. The van der Waals surface area contributed by atoms with Crippen molar-refractivity contribution in [1.29, 1.82) is 0 Å². The minimum atomic E-state index is -5.08. The van der Waals surface area contributed by atoms with Gasteiger partial charge in [0.2, 0.25) is 5.91 Å². The van der Waals surface area contributed by atoms with Gasteiger partial charge in [-0.2, -0.15) is 24.5 Å². The Bertz CT molecular complexity index is 770. The van der Waals surface area contributed by atoms with E-state index in [-0.39, 0.29) is 17.4 Å². The zero-order valence-corrected chi connectivity index (χ0v) is 18.5. The van der Waals surface area contributed by atoms with Gasteiger partial charge in [0.25, 0.3) is 5.91 Å². The molecule has 0 saturated carbocycles. The van der Waals surface area contributed by atoms with Gasteiger partial charge >= 0.3 is 12.1 Å². The van der Waals surface area contributed by atoms with Gasteiger partial charge < -0.3 is 19.8 Å². The Morgan fingerprint density at radius 2 is 1.90 bits per heavy atom. The van der Waals surface area contributed by atoms with Crippen LogP contribution in [0.3, 0.4) is 0 Å².